The smallest absolute Gasteiger partial charge is 0.410 e. The quantitative estimate of drug-likeness (QED) is 0.938. The lowest BCUT2D eigenvalue weighted by atomic mass is 10.0. The highest BCUT2D eigenvalue weighted by Gasteiger charge is 2.36. The molecule has 24 heavy (non-hydrogen) atoms. The van der Waals surface area contributed by atoms with E-state index in [1.165, 1.54) is 0 Å². The minimum Gasteiger partial charge on any atom is -0.450 e. The van der Waals surface area contributed by atoms with E-state index in [-0.39, 0.29) is 18.2 Å². The van der Waals surface area contributed by atoms with E-state index in [9.17, 15) is 4.79 Å². The third-order valence-electron chi connectivity index (χ3n) is 4.39. The second-order valence-electron chi connectivity index (χ2n) is 6.00. The van der Waals surface area contributed by atoms with Crippen LogP contribution in [0.15, 0.2) is 48.5 Å². The summed E-state index contributed by atoms with van der Waals surface area (Å²) in [6, 6.07) is 15.9. The van der Waals surface area contributed by atoms with E-state index in [4.69, 9.17) is 15.5 Å². The third-order valence-corrected chi connectivity index (χ3v) is 4.39. The lowest BCUT2D eigenvalue weighted by Gasteiger charge is -2.25. The molecule has 2 unspecified atom stereocenters. The van der Waals surface area contributed by atoms with Crippen LogP contribution in [-0.4, -0.2) is 41.2 Å². The fourth-order valence-corrected chi connectivity index (χ4v) is 3.15. The Morgan fingerprint density at radius 3 is 2.79 bits per heavy atom. The average molecular weight is 325 g/mol. The molecule has 2 atom stereocenters. The van der Waals surface area contributed by atoms with Crippen LogP contribution in [0.2, 0.25) is 0 Å². The molecule has 1 saturated heterocycles. The fourth-order valence-electron chi connectivity index (χ4n) is 3.15. The predicted octanol–water partition coefficient (Wildman–Crippen LogP) is 2.85. The van der Waals surface area contributed by atoms with Crippen molar-refractivity contribution in [2.75, 3.05) is 13.2 Å². The molecule has 1 amide bonds. The molecule has 3 rings (SSSR count). The summed E-state index contributed by atoms with van der Waals surface area (Å²) < 4.78 is 5.15. The van der Waals surface area contributed by atoms with Gasteiger partial charge in [-0.2, -0.15) is 0 Å². The highest BCUT2D eigenvalue weighted by molar-refractivity contribution is 5.68. The molecule has 0 saturated carbocycles. The number of carbonyl (C=O) groups excluding carboxylic acids is 1. The molecule has 126 valence electrons. The lowest BCUT2D eigenvalue weighted by Crippen LogP contribution is -2.44. The topological polar surface area (TPSA) is 68.5 Å². The van der Waals surface area contributed by atoms with Gasteiger partial charge in [-0.25, -0.2) is 4.79 Å². The molecular weight excluding hydrogens is 302 g/mol. The number of carbonyl (C=O) groups is 1. The molecule has 2 aromatic rings. The van der Waals surface area contributed by atoms with Crippen LogP contribution in [0.3, 0.4) is 0 Å². The maximum Gasteiger partial charge on any atom is 0.410 e. The summed E-state index contributed by atoms with van der Waals surface area (Å²) in [5.41, 5.74) is 9.17. The molecule has 5 heteroatoms. The van der Waals surface area contributed by atoms with Gasteiger partial charge in [0.2, 0.25) is 0 Å². The third kappa shape index (κ3) is 3.57. The van der Waals surface area contributed by atoms with E-state index in [0.29, 0.717) is 19.6 Å². The van der Waals surface area contributed by atoms with Gasteiger partial charge in [-0.15, -0.1) is 0 Å². The summed E-state index contributed by atoms with van der Waals surface area (Å²) in [5.74, 6) is 0. The van der Waals surface area contributed by atoms with E-state index in [2.05, 4.69) is 0 Å². The van der Waals surface area contributed by atoms with Gasteiger partial charge >= 0.3 is 6.09 Å². The van der Waals surface area contributed by atoms with Crippen molar-refractivity contribution in [3.63, 3.8) is 0 Å². The highest BCUT2D eigenvalue weighted by Crippen LogP contribution is 2.22. The van der Waals surface area contributed by atoms with Crippen molar-refractivity contribution in [3.8, 4) is 11.3 Å². The lowest BCUT2D eigenvalue weighted by molar-refractivity contribution is 0.101. The molecular formula is C19H23N3O2. The number of benzene rings is 1. The number of rotatable bonds is 4. The van der Waals surface area contributed by atoms with Crippen molar-refractivity contribution >= 4 is 6.09 Å². The zero-order valence-corrected chi connectivity index (χ0v) is 13.9. The maximum absolute atomic E-state index is 12.1. The Morgan fingerprint density at radius 2 is 2.04 bits per heavy atom. The first-order chi connectivity index (χ1) is 11.7. The normalized spacial score (nSPS) is 20.2. The standard InChI is InChI=1S/C19H23N3O2/c1-2-24-19(23)22-12-11-16(20)18(22)13-15-9-6-10-17(21-15)14-7-4-3-5-8-14/h3-10,16,18H,2,11-13,20H2,1H3. The van der Waals surface area contributed by atoms with Gasteiger partial charge in [-0.3, -0.25) is 4.98 Å². The molecule has 0 radical (unpaired) electrons. The van der Waals surface area contributed by atoms with E-state index in [1.807, 2.05) is 55.5 Å². The number of nitrogens with zero attached hydrogens (tertiary/aromatic N) is 2. The summed E-state index contributed by atoms with van der Waals surface area (Å²) in [6.07, 6.45) is 1.15. The van der Waals surface area contributed by atoms with Crippen LogP contribution >= 0.6 is 0 Å². The van der Waals surface area contributed by atoms with E-state index in [1.54, 1.807) is 4.90 Å². The van der Waals surface area contributed by atoms with Crippen molar-refractivity contribution in [1.29, 1.82) is 0 Å². The van der Waals surface area contributed by atoms with Gasteiger partial charge < -0.3 is 15.4 Å². The number of hydrogen-bond acceptors (Lipinski definition) is 4. The number of likely N-dealkylation sites (tertiary alicyclic amines) is 1. The molecule has 1 aromatic heterocycles. The van der Waals surface area contributed by atoms with Crippen LogP contribution in [0, 0.1) is 0 Å². The molecule has 1 fully saturated rings. The number of amides is 1. The van der Waals surface area contributed by atoms with Crippen LogP contribution in [0.5, 0.6) is 0 Å². The number of ether oxygens (including phenoxy) is 1. The van der Waals surface area contributed by atoms with Gasteiger partial charge in [0.1, 0.15) is 0 Å². The van der Waals surface area contributed by atoms with Crippen molar-refractivity contribution in [3.05, 3.63) is 54.2 Å². The number of hydrogen-bond donors (Lipinski definition) is 1. The van der Waals surface area contributed by atoms with E-state index in [0.717, 1.165) is 23.4 Å². The van der Waals surface area contributed by atoms with Crippen LogP contribution < -0.4 is 5.73 Å². The molecule has 1 aliphatic heterocycles. The van der Waals surface area contributed by atoms with Gasteiger partial charge in [-0.05, 0) is 25.5 Å². The van der Waals surface area contributed by atoms with Crippen molar-refractivity contribution < 1.29 is 9.53 Å². The number of pyridine rings is 1. The van der Waals surface area contributed by atoms with Crippen LogP contribution in [0.25, 0.3) is 11.3 Å². The summed E-state index contributed by atoms with van der Waals surface area (Å²) in [7, 11) is 0. The fraction of sp³-hybridized carbons (Fsp3) is 0.368. The zero-order valence-electron chi connectivity index (χ0n) is 13.9. The van der Waals surface area contributed by atoms with Crippen LogP contribution in [0.1, 0.15) is 19.0 Å². The Bertz CT molecular complexity index is 690. The summed E-state index contributed by atoms with van der Waals surface area (Å²) in [6.45, 7) is 2.83. The summed E-state index contributed by atoms with van der Waals surface area (Å²) in [5, 5.41) is 0. The molecule has 0 spiro atoms. The first-order valence-corrected chi connectivity index (χ1v) is 8.39. The molecule has 1 aromatic carbocycles. The van der Waals surface area contributed by atoms with E-state index >= 15 is 0 Å². The Kier molecular flexibility index (Phi) is 5.11. The highest BCUT2D eigenvalue weighted by atomic mass is 16.6. The number of nitrogens with two attached hydrogens (primary N) is 1. The van der Waals surface area contributed by atoms with Crippen molar-refractivity contribution in [1.82, 2.24) is 9.88 Å². The largest absolute Gasteiger partial charge is 0.450 e. The Morgan fingerprint density at radius 1 is 1.25 bits per heavy atom. The van der Waals surface area contributed by atoms with E-state index < -0.39 is 0 Å². The predicted molar refractivity (Wildman–Crippen MR) is 93.5 cm³/mol. The molecule has 5 nitrogen and oxygen atoms in total. The summed E-state index contributed by atoms with van der Waals surface area (Å²) >= 11 is 0. The average Bonchev–Trinajstić information content (AvgIpc) is 2.97. The second kappa shape index (κ2) is 7.45. The van der Waals surface area contributed by atoms with Crippen molar-refractivity contribution in [2.24, 2.45) is 5.73 Å². The minimum atomic E-state index is -0.283. The van der Waals surface area contributed by atoms with Crippen LogP contribution in [0.4, 0.5) is 4.79 Å². The SMILES string of the molecule is CCOC(=O)N1CCC(N)C1Cc1cccc(-c2ccccc2)n1. The molecule has 2 N–H and O–H groups in total. The first kappa shape index (κ1) is 16.5. The molecule has 1 aliphatic rings. The van der Waals surface area contributed by atoms with Crippen LogP contribution in [-0.2, 0) is 11.2 Å². The molecule has 0 bridgehead atoms. The summed E-state index contributed by atoms with van der Waals surface area (Å²) in [4.78, 5) is 18.6. The van der Waals surface area contributed by atoms with Gasteiger partial charge in [0.05, 0.1) is 18.3 Å². The molecule has 2 heterocycles. The zero-order chi connectivity index (χ0) is 16.9. The van der Waals surface area contributed by atoms with Gasteiger partial charge in [0, 0.05) is 30.3 Å². The second-order valence-corrected chi connectivity index (χ2v) is 6.00. The Balaban J connectivity index is 1.78. The Hall–Kier alpha value is -2.40. The Labute approximate surface area is 142 Å². The monoisotopic (exact) mass is 325 g/mol. The minimum absolute atomic E-state index is 0.0448. The number of aromatic nitrogens is 1. The van der Waals surface area contributed by atoms with Gasteiger partial charge in [-0.1, -0.05) is 36.4 Å². The van der Waals surface area contributed by atoms with Gasteiger partial charge in [0.25, 0.3) is 0 Å². The van der Waals surface area contributed by atoms with Crippen molar-refractivity contribution in [2.45, 2.75) is 31.8 Å². The maximum atomic E-state index is 12.1. The first-order valence-electron chi connectivity index (χ1n) is 8.39. The van der Waals surface area contributed by atoms with Gasteiger partial charge in [0.15, 0.2) is 0 Å². The molecule has 0 aliphatic carbocycles.